The summed E-state index contributed by atoms with van der Waals surface area (Å²) in [6.45, 7) is 1.83. The molecule has 0 aliphatic carbocycles. The maximum absolute atomic E-state index is 11.0. The highest BCUT2D eigenvalue weighted by atomic mass is 35.5. The molecule has 0 aliphatic rings. The molecule has 4 nitrogen and oxygen atoms in total. The number of anilines is 2. The Morgan fingerprint density at radius 2 is 1.63 bits per heavy atom. The quantitative estimate of drug-likeness (QED) is 0.644. The van der Waals surface area contributed by atoms with Crippen LogP contribution in [0, 0.1) is 17.0 Å². The van der Waals surface area contributed by atoms with Gasteiger partial charge in [0.25, 0.3) is 0 Å². The fourth-order valence-electron chi connectivity index (χ4n) is 1.69. The fraction of sp³-hybridized carbons (Fsp3) is 0.0769. The molecular formula is C13H10Cl2N2O2. The summed E-state index contributed by atoms with van der Waals surface area (Å²) in [5, 5.41) is 14.7. The van der Waals surface area contributed by atoms with Gasteiger partial charge in [-0.15, -0.1) is 0 Å². The Bertz CT molecular complexity index is 645. The molecule has 0 heterocycles. The number of nitrogens with zero attached hydrogens (tertiary/aromatic N) is 1. The average molecular weight is 297 g/mol. The van der Waals surface area contributed by atoms with E-state index in [0.717, 1.165) is 5.56 Å². The van der Waals surface area contributed by atoms with Gasteiger partial charge in [-0.2, -0.15) is 0 Å². The van der Waals surface area contributed by atoms with Gasteiger partial charge in [0.15, 0.2) is 0 Å². The molecule has 0 bridgehead atoms. The maximum atomic E-state index is 11.0. The van der Waals surface area contributed by atoms with Gasteiger partial charge in [-0.05, 0) is 36.8 Å². The van der Waals surface area contributed by atoms with E-state index in [9.17, 15) is 10.1 Å². The predicted molar refractivity (Wildman–Crippen MR) is 77.6 cm³/mol. The Morgan fingerprint density at radius 1 is 1.05 bits per heavy atom. The van der Waals surface area contributed by atoms with Crippen molar-refractivity contribution in [3.8, 4) is 0 Å². The Kier molecular flexibility index (Phi) is 3.93. The van der Waals surface area contributed by atoms with E-state index in [1.807, 2.05) is 6.92 Å². The van der Waals surface area contributed by atoms with E-state index >= 15 is 0 Å². The molecule has 0 saturated heterocycles. The Hall–Kier alpha value is -1.78. The van der Waals surface area contributed by atoms with Gasteiger partial charge in [0.1, 0.15) is 10.7 Å². The average Bonchev–Trinajstić information content (AvgIpc) is 2.34. The van der Waals surface area contributed by atoms with E-state index in [1.54, 1.807) is 30.3 Å². The Balaban J connectivity index is 2.47. The van der Waals surface area contributed by atoms with E-state index in [0.29, 0.717) is 16.4 Å². The normalized spacial score (nSPS) is 10.3. The van der Waals surface area contributed by atoms with E-state index in [4.69, 9.17) is 23.2 Å². The first-order valence-corrected chi connectivity index (χ1v) is 6.21. The standard InChI is InChI=1S/C13H10Cl2N2O2/c1-8-9(14)4-2-6-11(8)16-12-7-3-5-10(15)13(12)17(18)19/h2-7,16H,1H3. The van der Waals surface area contributed by atoms with Crippen molar-refractivity contribution in [2.75, 3.05) is 5.32 Å². The smallest absolute Gasteiger partial charge is 0.311 e. The van der Waals surface area contributed by atoms with Gasteiger partial charge in [0.2, 0.25) is 0 Å². The molecule has 2 rings (SSSR count). The lowest BCUT2D eigenvalue weighted by molar-refractivity contribution is -0.383. The van der Waals surface area contributed by atoms with Crippen LogP contribution in [0.4, 0.5) is 17.1 Å². The first kappa shape index (κ1) is 13.6. The summed E-state index contributed by atoms with van der Waals surface area (Å²) in [6.07, 6.45) is 0. The van der Waals surface area contributed by atoms with E-state index in [1.165, 1.54) is 6.07 Å². The van der Waals surface area contributed by atoms with Gasteiger partial charge in [-0.3, -0.25) is 10.1 Å². The number of hydrogen-bond acceptors (Lipinski definition) is 3. The molecule has 0 amide bonds. The van der Waals surface area contributed by atoms with Crippen LogP contribution in [0.1, 0.15) is 5.56 Å². The fourth-order valence-corrected chi connectivity index (χ4v) is 2.11. The van der Waals surface area contributed by atoms with Crippen molar-refractivity contribution in [3.63, 3.8) is 0 Å². The minimum Gasteiger partial charge on any atom is -0.350 e. The molecular weight excluding hydrogens is 287 g/mol. The number of nitrogens with one attached hydrogen (secondary N) is 1. The van der Waals surface area contributed by atoms with Crippen LogP contribution < -0.4 is 5.32 Å². The molecule has 0 saturated carbocycles. The predicted octanol–water partition coefficient (Wildman–Crippen LogP) is 4.95. The highest BCUT2D eigenvalue weighted by Gasteiger charge is 2.18. The third kappa shape index (κ3) is 2.80. The van der Waals surface area contributed by atoms with Crippen molar-refractivity contribution in [2.24, 2.45) is 0 Å². The third-order valence-corrected chi connectivity index (χ3v) is 3.42. The number of hydrogen-bond donors (Lipinski definition) is 1. The summed E-state index contributed by atoms with van der Waals surface area (Å²) in [6, 6.07) is 10.1. The minimum atomic E-state index is -0.509. The zero-order chi connectivity index (χ0) is 14.0. The second kappa shape index (κ2) is 5.47. The molecule has 2 aromatic rings. The van der Waals surface area contributed by atoms with Gasteiger partial charge in [0, 0.05) is 10.7 Å². The highest BCUT2D eigenvalue weighted by Crippen LogP contribution is 2.35. The Morgan fingerprint density at radius 3 is 2.26 bits per heavy atom. The maximum Gasteiger partial charge on any atom is 0.311 e. The molecule has 6 heteroatoms. The van der Waals surface area contributed by atoms with Crippen molar-refractivity contribution in [1.29, 1.82) is 0 Å². The van der Waals surface area contributed by atoms with Crippen molar-refractivity contribution in [2.45, 2.75) is 6.92 Å². The zero-order valence-electron chi connectivity index (χ0n) is 9.98. The minimum absolute atomic E-state index is 0.0923. The molecule has 0 radical (unpaired) electrons. The molecule has 19 heavy (non-hydrogen) atoms. The van der Waals surface area contributed by atoms with Crippen molar-refractivity contribution in [1.82, 2.24) is 0 Å². The number of nitro benzene ring substituents is 1. The summed E-state index contributed by atoms with van der Waals surface area (Å²) in [5.41, 5.74) is 1.71. The molecule has 0 aromatic heterocycles. The van der Waals surface area contributed by atoms with Crippen LogP contribution in [-0.4, -0.2) is 4.92 Å². The van der Waals surface area contributed by atoms with Crippen LogP contribution in [0.15, 0.2) is 36.4 Å². The topological polar surface area (TPSA) is 55.2 Å². The number of benzene rings is 2. The largest absolute Gasteiger partial charge is 0.350 e. The van der Waals surface area contributed by atoms with E-state index in [-0.39, 0.29) is 10.7 Å². The molecule has 2 aromatic carbocycles. The third-order valence-electron chi connectivity index (χ3n) is 2.71. The SMILES string of the molecule is Cc1c(Cl)cccc1Nc1cccc(Cl)c1[N+](=O)[O-]. The molecule has 0 unspecified atom stereocenters. The van der Waals surface area contributed by atoms with Gasteiger partial charge in [-0.1, -0.05) is 35.3 Å². The summed E-state index contributed by atoms with van der Waals surface area (Å²) in [7, 11) is 0. The summed E-state index contributed by atoms with van der Waals surface area (Å²) >= 11 is 11.9. The van der Waals surface area contributed by atoms with Crippen molar-refractivity contribution < 1.29 is 4.92 Å². The summed E-state index contributed by atoms with van der Waals surface area (Å²) < 4.78 is 0. The van der Waals surface area contributed by atoms with Gasteiger partial charge >= 0.3 is 5.69 Å². The van der Waals surface area contributed by atoms with Crippen LogP contribution in [-0.2, 0) is 0 Å². The number of halogens is 2. The van der Waals surface area contributed by atoms with E-state index < -0.39 is 4.92 Å². The van der Waals surface area contributed by atoms with Crippen molar-refractivity contribution in [3.05, 3.63) is 62.1 Å². The second-order valence-corrected chi connectivity index (χ2v) is 4.74. The van der Waals surface area contributed by atoms with Crippen LogP contribution in [0.3, 0.4) is 0 Å². The molecule has 0 fully saturated rings. The lowest BCUT2D eigenvalue weighted by atomic mass is 10.2. The molecule has 1 N–H and O–H groups in total. The van der Waals surface area contributed by atoms with Gasteiger partial charge in [0.05, 0.1) is 4.92 Å². The summed E-state index contributed by atoms with van der Waals surface area (Å²) in [4.78, 5) is 10.5. The molecule has 0 aliphatic heterocycles. The van der Waals surface area contributed by atoms with Gasteiger partial charge < -0.3 is 5.32 Å². The molecule has 0 atom stereocenters. The first-order valence-electron chi connectivity index (χ1n) is 5.45. The van der Waals surface area contributed by atoms with Crippen LogP contribution in [0.5, 0.6) is 0 Å². The molecule has 0 spiro atoms. The monoisotopic (exact) mass is 296 g/mol. The van der Waals surface area contributed by atoms with Crippen LogP contribution in [0.25, 0.3) is 0 Å². The number of para-hydroxylation sites is 1. The lowest BCUT2D eigenvalue weighted by Gasteiger charge is -2.11. The van der Waals surface area contributed by atoms with E-state index in [2.05, 4.69) is 5.32 Å². The Labute approximate surface area is 120 Å². The van der Waals surface area contributed by atoms with Crippen LogP contribution in [0.2, 0.25) is 10.0 Å². The van der Waals surface area contributed by atoms with Crippen molar-refractivity contribution >= 4 is 40.3 Å². The summed E-state index contributed by atoms with van der Waals surface area (Å²) in [5.74, 6) is 0. The number of nitro groups is 1. The number of rotatable bonds is 3. The highest BCUT2D eigenvalue weighted by molar-refractivity contribution is 6.33. The first-order chi connectivity index (χ1) is 9.00. The van der Waals surface area contributed by atoms with Gasteiger partial charge in [-0.25, -0.2) is 0 Å². The van der Waals surface area contributed by atoms with Crippen LogP contribution >= 0.6 is 23.2 Å². The zero-order valence-corrected chi connectivity index (χ0v) is 11.5. The molecule has 98 valence electrons. The second-order valence-electron chi connectivity index (χ2n) is 3.93. The lowest BCUT2D eigenvalue weighted by Crippen LogP contribution is -1.99.